The first-order chi connectivity index (χ1) is 11.5. The average Bonchev–Trinajstić information content (AvgIpc) is 2.88. The summed E-state index contributed by atoms with van der Waals surface area (Å²) in [6.45, 7) is 0.209. The van der Waals surface area contributed by atoms with E-state index in [1.807, 2.05) is 24.3 Å². The van der Waals surface area contributed by atoms with Gasteiger partial charge >= 0.3 is 5.69 Å². The third-order valence-electron chi connectivity index (χ3n) is 3.72. The molecule has 0 aliphatic carbocycles. The van der Waals surface area contributed by atoms with Crippen LogP contribution in [0.5, 0.6) is 0 Å². The van der Waals surface area contributed by atoms with Gasteiger partial charge in [0.05, 0.1) is 12.1 Å². The summed E-state index contributed by atoms with van der Waals surface area (Å²) in [4.78, 5) is 16.9. The molecule has 24 heavy (non-hydrogen) atoms. The van der Waals surface area contributed by atoms with Crippen LogP contribution < -0.4 is 5.69 Å². The molecule has 8 heteroatoms. The van der Waals surface area contributed by atoms with Gasteiger partial charge in [-0.1, -0.05) is 41.4 Å². The third-order valence-corrected chi connectivity index (χ3v) is 4.56. The van der Waals surface area contributed by atoms with Crippen molar-refractivity contribution in [2.24, 2.45) is 0 Å². The highest BCUT2D eigenvalue weighted by Crippen LogP contribution is 2.22. The van der Waals surface area contributed by atoms with Gasteiger partial charge in [0.1, 0.15) is 0 Å². The van der Waals surface area contributed by atoms with Crippen LogP contribution in [-0.4, -0.2) is 19.2 Å². The number of para-hydroxylation sites is 1. The Hall–Kier alpha value is -2.08. The normalized spacial score (nSPS) is 11.5. The maximum atomic E-state index is 12.6. The molecule has 0 unspecified atom stereocenters. The molecule has 0 saturated heterocycles. The summed E-state index contributed by atoms with van der Waals surface area (Å²) in [5, 5.41) is 6.24. The van der Waals surface area contributed by atoms with Crippen molar-refractivity contribution in [2.75, 3.05) is 0 Å². The molecule has 5 nitrogen and oxygen atoms in total. The number of hydrogen-bond acceptors (Lipinski definition) is 3. The first-order valence-electron chi connectivity index (χ1n) is 7.02. The summed E-state index contributed by atoms with van der Waals surface area (Å²) in [6.07, 6.45) is 0. The van der Waals surface area contributed by atoms with E-state index >= 15 is 0 Å². The Labute approximate surface area is 151 Å². The van der Waals surface area contributed by atoms with Gasteiger partial charge in [0.2, 0.25) is 5.28 Å². The van der Waals surface area contributed by atoms with Gasteiger partial charge in [-0.15, -0.1) is 5.10 Å². The predicted octanol–water partition coefficient (Wildman–Crippen LogP) is 4.05. The smallest absolute Gasteiger partial charge is 0.245 e. The molecular weight excluding hydrogens is 371 g/mol. The minimum Gasteiger partial charge on any atom is -0.245 e. The van der Waals surface area contributed by atoms with Crippen LogP contribution in [0.2, 0.25) is 15.3 Å². The Morgan fingerprint density at radius 1 is 1.04 bits per heavy atom. The van der Waals surface area contributed by atoms with Crippen molar-refractivity contribution in [1.82, 2.24) is 19.2 Å². The molecule has 2 aromatic carbocycles. The molecule has 0 radical (unpaired) electrons. The SMILES string of the molecule is O=c1n(Cc2ccc(Cl)cc2Cl)nc2c3ccccc3nc(Cl)n12. The molecule has 120 valence electrons. The lowest BCUT2D eigenvalue weighted by Crippen LogP contribution is -2.22. The van der Waals surface area contributed by atoms with E-state index in [9.17, 15) is 4.79 Å². The van der Waals surface area contributed by atoms with Crippen molar-refractivity contribution < 1.29 is 0 Å². The molecule has 0 aliphatic rings. The van der Waals surface area contributed by atoms with Gasteiger partial charge in [-0.3, -0.25) is 0 Å². The zero-order valence-electron chi connectivity index (χ0n) is 12.1. The number of hydrogen-bond donors (Lipinski definition) is 0. The van der Waals surface area contributed by atoms with E-state index in [2.05, 4.69) is 10.1 Å². The number of nitrogens with zero attached hydrogens (tertiary/aromatic N) is 4. The summed E-state index contributed by atoms with van der Waals surface area (Å²) in [7, 11) is 0. The molecule has 0 atom stereocenters. The van der Waals surface area contributed by atoms with Crippen molar-refractivity contribution in [3.63, 3.8) is 0 Å². The van der Waals surface area contributed by atoms with E-state index in [4.69, 9.17) is 34.8 Å². The van der Waals surface area contributed by atoms with Gasteiger partial charge in [-0.25, -0.2) is 18.9 Å². The summed E-state index contributed by atoms with van der Waals surface area (Å²) in [6, 6.07) is 12.5. The van der Waals surface area contributed by atoms with Crippen molar-refractivity contribution in [3.05, 3.63) is 73.8 Å². The van der Waals surface area contributed by atoms with Crippen molar-refractivity contribution in [3.8, 4) is 0 Å². The van der Waals surface area contributed by atoms with E-state index in [0.717, 1.165) is 10.9 Å². The Morgan fingerprint density at radius 2 is 1.83 bits per heavy atom. The van der Waals surface area contributed by atoms with Gasteiger partial charge in [0, 0.05) is 15.4 Å². The summed E-state index contributed by atoms with van der Waals surface area (Å²) >= 11 is 18.3. The van der Waals surface area contributed by atoms with E-state index < -0.39 is 0 Å². The quantitative estimate of drug-likeness (QED) is 0.494. The summed E-state index contributed by atoms with van der Waals surface area (Å²) in [5.41, 5.74) is 1.50. The summed E-state index contributed by atoms with van der Waals surface area (Å²) in [5.74, 6) is 0. The number of halogens is 3. The van der Waals surface area contributed by atoms with Crippen molar-refractivity contribution in [1.29, 1.82) is 0 Å². The first-order valence-corrected chi connectivity index (χ1v) is 8.16. The lowest BCUT2D eigenvalue weighted by atomic mass is 10.2. The Balaban J connectivity index is 1.94. The van der Waals surface area contributed by atoms with Crippen LogP contribution >= 0.6 is 34.8 Å². The second-order valence-corrected chi connectivity index (χ2v) is 6.41. The third kappa shape index (κ3) is 2.45. The molecule has 4 rings (SSSR count). The Bertz CT molecular complexity index is 1150. The summed E-state index contributed by atoms with van der Waals surface area (Å²) < 4.78 is 2.60. The topological polar surface area (TPSA) is 52.2 Å². The zero-order valence-corrected chi connectivity index (χ0v) is 14.3. The van der Waals surface area contributed by atoms with Crippen LogP contribution in [0, 0.1) is 0 Å². The van der Waals surface area contributed by atoms with Crippen LogP contribution in [0.15, 0.2) is 47.3 Å². The Kier molecular flexibility index (Phi) is 3.72. The van der Waals surface area contributed by atoms with Gasteiger partial charge in [-0.05, 0) is 41.4 Å². The Morgan fingerprint density at radius 3 is 2.62 bits per heavy atom. The molecule has 0 N–H and O–H groups in total. The van der Waals surface area contributed by atoms with Crippen LogP contribution in [0.25, 0.3) is 16.6 Å². The number of rotatable bonds is 2. The first kappa shape index (κ1) is 15.4. The molecular formula is C16H9Cl3N4O. The monoisotopic (exact) mass is 378 g/mol. The average molecular weight is 380 g/mol. The molecule has 4 aromatic rings. The van der Waals surface area contributed by atoms with E-state index in [1.54, 1.807) is 18.2 Å². The minimum absolute atomic E-state index is 0.0714. The molecule has 2 aromatic heterocycles. The highest BCUT2D eigenvalue weighted by atomic mass is 35.5. The van der Waals surface area contributed by atoms with Crippen molar-refractivity contribution in [2.45, 2.75) is 6.54 Å². The molecule has 0 saturated carbocycles. The van der Waals surface area contributed by atoms with Crippen LogP contribution in [0.4, 0.5) is 0 Å². The van der Waals surface area contributed by atoms with E-state index in [-0.39, 0.29) is 17.5 Å². The number of fused-ring (bicyclic) bond motifs is 3. The lowest BCUT2D eigenvalue weighted by Gasteiger charge is -2.03. The van der Waals surface area contributed by atoms with Crippen molar-refractivity contribution >= 4 is 51.4 Å². The van der Waals surface area contributed by atoms with E-state index in [1.165, 1.54) is 9.08 Å². The molecule has 0 fully saturated rings. The molecule has 2 heterocycles. The highest BCUT2D eigenvalue weighted by Gasteiger charge is 2.15. The fourth-order valence-electron chi connectivity index (χ4n) is 2.57. The molecule has 0 amide bonds. The second-order valence-electron chi connectivity index (χ2n) is 5.23. The molecule has 0 bridgehead atoms. The van der Waals surface area contributed by atoms with Gasteiger partial charge in [0.25, 0.3) is 0 Å². The fraction of sp³-hybridized carbons (Fsp3) is 0.0625. The van der Waals surface area contributed by atoms with Crippen LogP contribution in [0.3, 0.4) is 0 Å². The molecule has 0 spiro atoms. The largest absolute Gasteiger partial charge is 0.353 e. The zero-order chi connectivity index (χ0) is 16.8. The standard InChI is InChI=1S/C16H9Cl3N4O/c17-10-6-5-9(12(18)7-10)8-22-16(24)23-14(21-22)11-3-1-2-4-13(11)20-15(23)19/h1-7H,8H2. The molecule has 0 aliphatic heterocycles. The van der Waals surface area contributed by atoms with Crippen LogP contribution in [0.1, 0.15) is 5.56 Å². The van der Waals surface area contributed by atoms with E-state index in [0.29, 0.717) is 21.2 Å². The maximum Gasteiger partial charge on any atom is 0.353 e. The van der Waals surface area contributed by atoms with Crippen LogP contribution in [-0.2, 0) is 6.54 Å². The predicted molar refractivity (Wildman–Crippen MR) is 95.3 cm³/mol. The number of benzene rings is 2. The highest BCUT2D eigenvalue weighted by molar-refractivity contribution is 6.35. The van der Waals surface area contributed by atoms with Gasteiger partial charge in [-0.2, -0.15) is 0 Å². The lowest BCUT2D eigenvalue weighted by molar-refractivity contribution is 0.658. The van der Waals surface area contributed by atoms with Gasteiger partial charge in [0.15, 0.2) is 5.65 Å². The van der Waals surface area contributed by atoms with Gasteiger partial charge < -0.3 is 0 Å². The minimum atomic E-state index is -0.376. The maximum absolute atomic E-state index is 12.6. The second kappa shape index (κ2) is 5.77. The number of aromatic nitrogens is 4. The fourth-order valence-corrected chi connectivity index (χ4v) is 3.28.